The number of hydroxylamine groups is 1. The highest BCUT2D eigenvalue weighted by atomic mass is 19.1. The first-order valence-electron chi connectivity index (χ1n) is 5.37. The van der Waals surface area contributed by atoms with Gasteiger partial charge in [0.05, 0.1) is 7.11 Å². The molecule has 0 unspecified atom stereocenters. The van der Waals surface area contributed by atoms with Gasteiger partial charge in [-0.2, -0.15) is 5.48 Å². The first-order valence-corrected chi connectivity index (χ1v) is 5.37. The van der Waals surface area contributed by atoms with E-state index in [-0.39, 0.29) is 5.82 Å². The van der Waals surface area contributed by atoms with E-state index in [1.807, 2.05) is 6.07 Å². The van der Waals surface area contributed by atoms with Crippen LogP contribution < -0.4 is 5.48 Å². The summed E-state index contributed by atoms with van der Waals surface area (Å²) in [5.74, 6) is -0.125. The molecule has 1 aromatic rings. The summed E-state index contributed by atoms with van der Waals surface area (Å²) < 4.78 is 13.6. The van der Waals surface area contributed by atoms with Crippen molar-refractivity contribution in [2.75, 3.05) is 7.11 Å². The quantitative estimate of drug-likeness (QED) is 0.771. The first kappa shape index (κ1) is 10.6. The van der Waals surface area contributed by atoms with Gasteiger partial charge in [0.2, 0.25) is 0 Å². The molecule has 0 atom stereocenters. The Balaban J connectivity index is 2.24. The number of benzene rings is 1. The summed E-state index contributed by atoms with van der Waals surface area (Å²) in [5.41, 5.74) is 5.85. The fraction of sp³-hybridized carbons (Fsp3) is 0.500. The minimum absolute atomic E-state index is 0.125. The van der Waals surface area contributed by atoms with Gasteiger partial charge in [0.15, 0.2) is 0 Å². The van der Waals surface area contributed by atoms with Crippen molar-refractivity contribution in [2.24, 2.45) is 0 Å². The van der Waals surface area contributed by atoms with E-state index in [9.17, 15) is 4.39 Å². The van der Waals surface area contributed by atoms with Gasteiger partial charge in [-0.1, -0.05) is 6.07 Å². The third-order valence-electron chi connectivity index (χ3n) is 2.92. The van der Waals surface area contributed by atoms with E-state index in [0.29, 0.717) is 12.1 Å². The van der Waals surface area contributed by atoms with Crippen molar-refractivity contribution in [3.05, 3.63) is 34.6 Å². The second kappa shape index (κ2) is 4.73. The Morgan fingerprint density at radius 3 is 2.60 bits per heavy atom. The minimum atomic E-state index is -0.125. The van der Waals surface area contributed by atoms with Gasteiger partial charge in [0, 0.05) is 12.1 Å². The van der Waals surface area contributed by atoms with Crippen LogP contribution in [0.2, 0.25) is 0 Å². The Hall–Kier alpha value is -0.930. The van der Waals surface area contributed by atoms with Crippen LogP contribution in [0, 0.1) is 5.82 Å². The molecule has 3 heteroatoms. The van der Waals surface area contributed by atoms with Crippen molar-refractivity contribution in [3.63, 3.8) is 0 Å². The minimum Gasteiger partial charge on any atom is -0.305 e. The first-order chi connectivity index (χ1) is 7.31. The Labute approximate surface area is 89.4 Å². The van der Waals surface area contributed by atoms with Crippen molar-refractivity contribution in [1.82, 2.24) is 5.48 Å². The predicted molar refractivity (Wildman–Crippen MR) is 56.9 cm³/mol. The number of hydrogen-bond acceptors (Lipinski definition) is 2. The van der Waals surface area contributed by atoms with Gasteiger partial charge in [-0.3, -0.25) is 0 Å². The molecular weight excluding hydrogens is 193 g/mol. The Morgan fingerprint density at radius 2 is 1.93 bits per heavy atom. The lowest BCUT2D eigenvalue weighted by atomic mass is 9.90. The fourth-order valence-corrected chi connectivity index (χ4v) is 2.09. The highest BCUT2D eigenvalue weighted by Gasteiger charge is 2.13. The molecule has 0 saturated carbocycles. The van der Waals surface area contributed by atoms with Crippen molar-refractivity contribution in [2.45, 2.75) is 32.2 Å². The lowest BCUT2D eigenvalue weighted by Gasteiger charge is -2.17. The maximum atomic E-state index is 13.6. The zero-order chi connectivity index (χ0) is 10.7. The molecule has 1 aliphatic rings. The van der Waals surface area contributed by atoms with E-state index >= 15 is 0 Å². The molecule has 2 rings (SSSR count). The summed E-state index contributed by atoms with van der Waals surface area (Å²) in [6.45, 7) is 0.426. The van der Waals surface area contributed by atoms with E-state index in [1.54, 1.807) is 6.07 Å². The largest absolute Gasteiger partial charge is 0.305 e. The molecule has 0 radical (unpaired) electrons. The van der Waals surface area contributed by atoms with E-state index in [2.05, 4.69) is 5.48 Å². The third kappa shape index (κ3) is 2.36. The maximum Gasteiger partial charge on any atom is 0.128 e. The predicted octanol–water partition coefficient (Wildman–Crippen LogP) is 2.36. The fourth-order valence-electron chi connectivity index (χ4n) is 2.09. The molecule has 0 aliphatic heterocycles. The molecule has 2 nitrogen and oxygen atoms in total. The van der Waals surface area contributed by atoms with E-state index in [4.69, 9.17) is 4.84 Å². The molecule has 0 heterocycles. The number of aryl methyl sites for hydroxylation is 2. The number of hydrogen-bond donors (Lipinski definition) is 1. The SMILES string of the molecule is CONCc1cc2c(cc1F)CCCC2. The van der Waals surface area contributed by atoms with Crippen LogP contribution in [0.3, 0.4) is 0 Å². The zero-order valence-corrected chi connectivity index (χ0v) is 8.98. The number of halogens is 1. The van der Waals surface area contributed by atoms with Crippen LogP contribution >= 0.6 is 0 Å². The molecule has 15 heavy (non-hydrogen) atoms. The van der Waals surface area contributed by atoms with E-state index < -0.39 is 0 Å². The molecule has 0 saturated heterocycles. The van der Waals surface area contributed by atoms with Crippen LogP contribution in [0.4, 0.5) is 4.39 Å². The highest BCUT2D eigenvalue weighted by Crippen LogP contribution is 2.24. The molecule has 0 spiro atoms. The van der Waals surface area contributed by atoms with Gasteiger partial charge in [-0.25, -0.2) is 4.39 Å². The molecule has 0 bridgehead atoms. The summed E-state index contributed by atoms with van der Waals surface area (Å²) in [4.78, 5) is 4.73. The molecule has 1 N–H and O–H groups in total. The lowest BCUT2D eigenvalue weighted by Crippen LogP contribution is -2.14. The van der Waals surface area contributed by atoms with Gasteiger partial charge in [-0.05, 0) is 42.9 Å². The molecule has 1 aromatic carbocycles. The monoisotopic (exact) mass is 209 g/mol. The van der Waals surface area contributed by atoms with E-state index in [0.717, 1.165) is 12.8 Å². The summed E-state index contributed by atoms with van der Waals surface area (Å²) in [5, 5.41) is 0. The standard InChI is InChI=1S/C12H16FNO/c1-15-14-8-11-6-9-4-2-3-5-10(9)7-12(11)13/h6-7,14H,2-5,8H2,1H3. The van der Waals surface area contributed by atoms with Gasteiger partial charge in [0.25, 0.3) is 0 Å². The third-order valence-corrected chi connectivity index (χ3v) is 2.92. The summed E-state index contributed by atoms with van der Waals surface area (Å²) >= 11 is 0. The smallest absolute Gasteiger partial charge is 0.128 e. The number of rotatable bonds is 3. The Bertz CT molecular complexity index is 352. The molecule has 82 valence electrons. The second-order valence-electron chi connectivity index (χ2n) is 3.94. The van der Waals surface area contributed by atoms with Crippen molar-refractivity contribution < 1.29 is 9.23 Å². The van der Waals surface area contributed by atoms with E-state index in [1.165, 1.54) is 31.1 Å². The van der Waals surface area contributed by atoms with Crippen LogP contribution in [-0.2, 0) is 24.2 Å². The summed E-state index contributed by atoms with van der Waals surface area (Å²) in [7, 11) is 1.54. The van der Waals surface area contributed by atoms with Crippen LogP contribution in [0.5, 0.6) is 0 Å². The average molecular weight is 209 g/mol. The lowest BCUT2D eigenvalue weighted by molar-refractivity contribution is 0.0859. The normalized spacial score (nSPS) is 15.1. The highest BCUT2D eigenvalue weighted by molar-refractivity contribution is 5.34. The van der Waals surface area contributed by atoms with Crippen LogP contribution in [0.15, 0.2) is 12.1 Å². The molecule has 0 fully saturated rings. The topological polar surface area (TPSA) is 21.3 Å². The van der Waals surface area contributed by atoms with Crippen molar-refractivity contribution >= 4 is 0 Å². The molecule has 1 aliphatic carbocycles. The summed E-state index contributed by atoms with van der Waals surface area (Å²) in [6.07, 6.45) is 4.50. The Kier molecular flexibility index (Phi) is 3.34. The van der Waals surface area contributed by atoms with Crippen molar-refractivity contribution in [3.8, 4) is 0 Å². The maximum absolute atomic E-state index is 13.6. The number of nitrogens with one attached hydrogen (secondary N) is 1. The van der Waals surface area contributed by atoms with Gasteiger partial charge in [0.1, 0.15) is 5.82 Å². The van der Waals surface area contributed by atoms with Gasteiger partial charge in [-0.15, -0.1) is 0 Å². The second-order valence-corrected chi connectivity index (χ2v) is 3.94. The van der Waals surface area contributed by atoms with Gasteiger partial charge < -0.3 is 4.84 Å². The van der Waals surface area contributed by atoms with Crippen molar-refractivity contribution in [1.29, 1.82) is 0 Å². The van der Waals surface area contributed by atoms with Crippen LogP contribution in [0.1, 0.15) is 29.5 Å². The number of fused-ring (bicyclic) bond motifs is 1. The van der Waals surface area contributed by atoms with Crippen LogP contribution in [-0.4, -0.2) is 7.11 Å². The Morgan fingerprint density at radius 1 is 1.27 bits per heavy atom. The van der Waals surface area contributed by atoms with Crippen LogP contribution in [0.25, 0.3) is 0 Å². The van der Waals surface area contributed by atoms with Gasteiger partial charge >= 0.3 is 0 Å². The summed E-state index contributed by atoms with van der Waals surface area (Å²) in [6, 6.07) is 3.65. The molecule has 0 amide bonds. The molecule has 0 aromatic heterocycles. The molecular formula is C12H16FNO. The zero-order valence-electron chi connectivity index (χ0n) is 8.98. The average Bonchev–Trinajstić information content (AvgIpc) is 2.26.